The molecule has 0 atom stereocenters. The lowest BCUT2D eigenvalue weighted by Gasteiger charge is -2.21. The summed E-state index contributed by atoms with van der Waals surface area (Å²) in [5.41, 5.74) is -0.520. The van der Waals surface area contributed by atoms with Crippen LogP contribution in [0.4, 0.5) is 8.78 Å². The number of amides is 1. The van der Waals surface area contributed by atoms with Crippen LogP contribution in [0.15, 0.2) is 0 Å². The van der Waals surface area contributed by atoms with Gasteiger partial charge >= 0.3 is 12.5 Å². The number of hydrogen-bond acceptors (Lipinski definition) is 3. The van der Waals surface area contributed by atoms with E-state index in [9.17, 15) is 18.4 Å². The molecule has 0 aliphatic carbocycles. The number of carboxylic acids is 1. The van der Waals surface area contributed by atoms with Crippen LogP contribution in [0.3, 0.4) is 0 Å². The van der Waals surface area contributed by atoms with E-state index in [0.717, 1.165) is 0 Å². The summed E-state index contributed by atoms with van der Waals surface area (Å²) in [4.78, 5) is 22.7. The van der Waals surface area contributed by atoms with Crippen molar-refractivity contribution in [1.82, 2.24) is 15.1 Å². The number of rotatable bonds is 5. The maximum atomic E-state index is 12.7. The molecule has 0 aliphatic rings. The minimum Gasteiger partial charge on any atom is -0.480 e. The first-order chi connectivity index (χ1) is 9.06. The van der Waals surface area contributed by atoms with Gasteiger partial charge in [-0.3, -0.25) is 4.79 Å². The van der Waals surface area contributed by atoms with Gasteiger partial charge in [-0.05, 0) is 27.7 Å². The first-order valence-corrected chi connectivity index (χ1v) is 5.93. The van der Waals surface area contributed by atoms with Crippen LogP contribution in [0.5, 0.6) is 0 Å². The maximum Gasteiger partial charge on any atom is 0.333 e. The quantitative estimate of drug-likeness (QED) is 0.858. The predicted molar refractivity (Wildman–Crippen MR) is 66.5 cm³/mol. The molecule has 0 unspecified atom stereocenters. The average molecular weight is 289 g/mol. The van der Waals surface area contributed by atoms with E-state index in [4.69, 9.17) is 5.11 Å². The van der Waals surface area contributed by atoms with E-state index < -0.39 is 24.0 Å². The Bertz CT molecular complexity index is 538. The Morgan fingerprint density at radius 1 is 1.40 bits per heavy atom. The number of alkyl halides is 2. The highest BCUT2D eigenvalue weighted by molar-refractivity contribution is 5.87. The molecule has 112 valence electrons. The molecule has 1 amide bonds. The number of nitrogens with one attached hydrogen (secondary N) is 1. The largest absolute Gasteiger partial charge is 0.480 e. The molecule has 0 saturated heterocycles. The van der Waals surface area contributed by atoms with Crippen molar-refractivity contribution >= 4 is 11.9 Å². The summed E-state index contributed by atoms with van der Waals surface area (Å²) in [5, 5.41) is 14.9. The topological polar surface area (TPSA) is 84.2 Å². The van der Waals surface area contributed by atoms with E-state index in [1.165, 1.54) is 27.7 Å². The van der Waals surface area contributed by atoms with Crippen molar-refractivity contribution in [2.75, 3.05) is 0 Å². The minimum atomic E-state index is -2.78. The van der Waals surface area contributed by atoms with E-state index in [0.29, 0.717) is 15.9 Å². The Labute approximate surface area is 114 Å². The number of halogens is 2. The van der Waals surface area contributed by atoms with Gasteiger partial charge in [0.1, 0.15) is 5.54 Å². The van der Waals surface area contributed by atoms with Gasteiger partial charge in [0.05, 0.1) is 12.1 Å². The zero-order chi connectivity index (χ0) is 15.7. The summed E-state index contributed by atoms with van der Waals surface area (Å²) >= 11 is 0. The summed E-state index contributed by atoms with van der Waals surface area (Å²) in [6, 6.07) is 0. The number of nitrogens with zero attached hydrogens (tertiary/aromatic N) is 2. The van der Waals surface area contributed by atoms with E-state index in [2.05, 4.69) is 10.4 Å². The van der Waals surface area contributed by atoms with Gasteiger partial charge in [-0.25, -0.2) is 9.48 Å². The van der Waals surface area contributed by atoms with E-state index in [1.807, 2.05) is 0 Å². The summed E-state index contributed by atoms with van der Waals surface area (Å²) < 4.78 is 25.9. The molecular weight excluding hydrogens is 272 g/mol. The van der Waals surface area contributed by atoms with Crippen LogP contribution < -0.4 is 5.32 Å². The van der Waals surface area contributed by atoms with Gasteiger partial charge in [0, 0.05) is 11.3 Å². The number of hydrogen-bond donors (Lipinski definition) is 2. The number of aromatic nitrogens is 2. The fourth-order valence-electron chi connectivity index (χ4n) is 1.75. The number of carbonyl (C=O) groups is 2. The van der Waals surface area contributed by atoms with Crippen LogP contribution in [0.2, 0.25) is 0 Å². The standard InChI is InChI=1S/C12H17F2N3O3/c1-6-8(7(2)17(16-6)11(13)14)5-9(18)15-12(3,4)10(19)20/h11H,5H2,1-4H3,(H,15,18)(H,19,20). The van der Waals surface area contributed by atoms with Gasteiger partial charge in [0.15, 0.2) is 0 Å². The number of aliphatic carboxylic acids is 1. The Kier molecular flexibility index (Phi) is 4.46. The van der Waals surface area contributed by atoms with Crippen LogP contribution in [-0.2, 0) is 16.0 Å². The molecule has 20 heavy (non-hydrogen) atoms. The molecule has 1 rings (SSSR count). The molecule has 0 fully saturated rings. The predicted octanol–water partition coefficient (Wildman–Crippen LogP) is 1.42. The minimum absolute atomic E-state index is 0.193. The third-order valence-electron chi connectivity index (χ3n) is 2.98. The molecule has 0 radical (unpaired) electrons. The molecule has 1 aromatic heterocycles. The number of carbonyl (C=O) groups excluding carboxylic acids is 1. The van der Waals surface area contributed by atoms with Gasteiger partial charge in [-0.1, -0.05) is 0 Å². The Balaban J connectivity index is 2.90. The lowest BCUT2D eigenvalue weighted by Crippen LogP contribution is -2.50. The van der Waals surface area contributed by atoms with E-state index in [-0.39, 0.29) is 12.1 Å². The van der Waals surface area contributed by atoms with Crippen molar-refractivity contribution < 1.29 is 23.5 Å². The molecule has 0 bridgehead atoms. The third kappa shape index (κ3) is 3.31. The molecule has 1 heterocycles. The Morgan fingerprint density at radius 3 is 2.35 bits per heavy atom. The van der Waals surface area contributed by atoms with E-state index >= 15 is 0 Å². The zero-order valence-corrected chi connectivity index (χ0v) is 11.7. The van der Waals surface area contributed by atoms with E-state index in [1.54, 1.807) is 0 Å². The molecule has 2 N–H and O–H groups in total. The molecule has 1 aromatic rings. The molecule has 0 saturated carbocycles. The highest BCUT2D eigenvalue weighted by Crippen LogP contribution is 2.19. The van der Waals surface area contributed by atoms with Crippen LogP contribution in [0.1, 0.15) is 37.3 Å². The number of aryl methyl sites for hydroxylation is 1. The van der Waals surface area contributed by atoms with Crippen molar-refractivity contribution in [2.45, 2.75) is 46.2 Å². The smallest absolute Gasteiger partial charge is 0.333 e. The lowest BCUT2D eigenvalue weighted by atomic mass is 10.0. The van der Waals surface area contributed by atoms with Crippen molar-refractivity contribution in [1.29, 1.82) is 0 Å². The Morgan fingerprint density at radius 2 is 1.95 bits per heavy atom. The van der Waals surface area contributed by atoms with Crippen LogP contribution >= 0.6 is 0 Å². The monoisotopic (exact) mass is 289 g/mol. The van der Waals surface area contributed by atoms with Gasteiger partial charge in [-0.2, -0.15) is 13.9 Å². The van der Waals surface area contributed by atoms with Crippen LogP contribution in [0.25, 0.3) is 0 Å². The number of carboxylic acid groups (broad SMARTS) is 1. The molecule has 0 aliphatic heterocycles. The van der Waals surface area contributed by atoms with Gasteiger partial charge in [0.25, 0.3) is 0 Å². The highest BCUT2D eigenvalue weighted by Gasteiger charge is 2.29. The van der Waals surface area contributed by atoms with Crippen LogP contribution in [-0.4, -0.2) is 32.3 Å². The normalized spacial score (nSPS) is 11.8. The molecule has 6 nitrogen and oxygen atoms in total. The first kappa shape index (κ1) is 16.1. The fraction of sp³-hybridized carbons (Fsp3) is 0.583. The second-order valence-corrected chi connectivity index (χ2v) is 5.03. The summed E-state index contributed by atoms with van der Waals surface area (Å²) in [7, 11) is 0. The maximum absolute atomic E-state index is 12.7. The summed E-state index contributed by atoms with van der Waals surface area (Å²) in [6.45, 7) is 2.87. The summed E-state index contributed by atoms with van der Waals surface area (Å²) in [6.07, 6.45) is -0.193. The van der Waals surface area contributed by atoms with Crippen molar-refractivity contribution in [3.8, 4) is 0 Å². The first-order valence-electron chi connectivity index (χ1n) is 5.93. The second-order valence-electron chi connectivity index (χ2n) is 5.03. The van der Waals surface area contributed by atoms with Crippen molar-refractivity contribution in [2.24, 2.45) is 0 Å². The second kappa shape index (κ2) is 5.56. The van der Waals surface area contributed by atoms with Crippen molar-refractivity contribution in [3.05, 3.63) is 17.0 Å². The third-order valence-corrected chi connectivity index (χ3v) is 2.98. The zero-order valence-electron chi connectivity index (χ0n) is 11.7. The Hall–Kier alpha value is -1.99. The lowest BCUT2D eigenvalue weighted by molar-refractivity contribution is -0.145. The molecule has 8 heteroatoms. The van der Waals surface area contributed by atoms with Gasteiger partial charge < -0.3 is 10.4 Å². The van der Waals surface area contributed by atoms with Gasteiger partial charge in [-0.15, -0.1) is 0 Å². The van der Waals surface area contributed by atoms with Gasteiger partial charge in [0.2, 0.25) is 5.91 Å². The van der Waals surface area contributed by atoms with Crippen LogP contribution in [0, 0.1) is 13.8 Å². The highest BCUT2D eigenvalue weighted by atomic mass is 19.3. The molecule has 0 spiro atoms. The SMILES string of the molecule is Cc1nn(C(F)F)c(C)c1CC(=O)NC(C)(C)C(=O)O. The van der Waals surface area contributed by atoms with Crippen molar-refractivity contribution in [3.63, 3.8) is 0 Å². The summed E-state index contributed by atoms with van der Waals surface area (Å²) in [5.74, 6) is -1.74. The molecule has 0 aromatic carbocycles. The molecular formula is C12H17F2N3O3. The average Bonchev–Trinajstić information content (AvgIpc) is 2.56. The fourth-order valence-corrected chi connectivity index (χ4v) is 1.75.